The van der Waals surface area contributed by atoms with Gasteiger partial charge < -0.3 is 10.1 Å². The van der Waals surface area contributed by atoms with Gasteiger partial charge in [0.25, 0.3) is 0 Å². The van der Waals surface area contributed by atoms with Crippen LogP contribution in [-0.2, 0) is 4.74 Å². The molecule has 1 aromatic heterocycles. The summed E-state index contributed by atoms with van der Waals surface area (Å²) in [6.45, 7) is 8.67. The molecule has 2 rings (SSSR count). The molecule has 0 aliphatic rings. The van der Waals surface area contributed by atoms with E-state index in [9.17, 15) is 9.59 Å². The molecule has 6 heteroatoms. The minimum absolute atomic E-state index is 0.212. The lowest BCUT2D eigenvalue weighted by Gasteiger charge is -2.06. The molecule has 0 aliphatic heterocycles. The summed E-state index contributed by atoms with van der Waals surface area (Å²) in [5, 5.41) is 5.52. The minimum atomic E-state index is -0.578. The maximum atomic E-state index is 12.2. The molecule has 5 nitrogen and oxygen atoms in total. The van der Waals surface area contributed by atoms with Crippen LogP contribution in [0.5, 0.6) is 0 Å². The number of carbonyl (C=O) groups excluding carboxylic acids is 2. The maximum absolute atomic E-state index is 12.2. The molecular weight excluding hydrogens is 336 g/mol. The Morgan fingerprint density at radius 2 is 2.04 bits per heavy atom. The fourth-order valence-electron chi connectivity index (χ4n) is 2.33. The van der Waals surface area contributed by atoms with Crippen molar-refractivity contribution in [2.24, 2.45) is 5.92 Å². The molecule has 134 valence electrons. The molecule has 0 saturated carbocycles. The number of ether oxygens (including phenoxy) is 1. The number of carbonyl (C=O) groups is 2. The average molecular weight is 360 g/mol. The summed E-state index contributed by atoms with van der Waals surface area (Å²) in [6.07, 6.45) is 1.03. The largest absolute Gasteiger partial charge is 0.453 e. The molecule has 1 N–H and O–H groups in total. The number of hydrogen-bond donors (Lipinski definition) is 1. The van der Waals surface area contributed by atoms with Crippen LogP contribution in [-0.4, -0.2) is 29.9 Å². The van der Waals surface area contributed by atoms with E-state index in [-0.39, 0.29) is 18.1 Å². The summed E-state index contributed by atoms with van der Waals surface area (Å²) in [4.78, 5) is 28.5. The summed E-state index contributed by atoms with van der Waals surface area (Å²) in [5.41, 5.74) is 2.77. The Labute approximate surface area is 152 Å². The number of nitrogens with zero attached hydrogens (tertiary/aromatic N) is 1. The number of benzene rings is 1. The zero-order valence-electron chi connectivity index (χ0n) is 15.1. The highest BCUT2D eigenvalue weighted by Crippen LogP contribution is 2.17. The van der Waals surface area contributed by atoms with Crippen LogP contribution in [0.4, 0.5) is 5.13 Å². The second kappa shape index (κ2) is 8.76. The van der Waals surface area contributed by atoms with E-state index in [0.29, 0.717) is 16.6 Å². The van der Waals surface area contributed by atoms with Crippen molar-refractivity contribution in [1.29, 1.82) is 0 Å². The van der Waals surface area contributed by atoms with Gasteiger partial charge in [-0.05, 0) is 31.7 Å². The fourth-order valence-corrected chi connectivity index (χ4v) is 3.03. The van der Waals surface area contributed by atoms with Gasteiger partial charge in [-0.1, -0.05) is 37.6 Å². The molecule has 0 saturated heterocycles. The lowest BCUT2D eigenvalue weighted by Crippen LogP contribution is -2.15. The first kappa shape index (κ1) is 19.1. The number of rotatable bonds is 8. The van der Waals surface area contributed by atoms with Crippen LogP contribution >= 0.6 is 11.3 Å². The monoisotopic (exact) mass is 360 g/mol. The second-order valence-corrected chi connectivity index (χ2v) is 7.32. The standard InChI is InChI=1S/C19H24N2O3S/c1-12(2)7-8-20-19-21-16(11-25-19)18(23)24-10-17(22)15-6-5-13(3)9-14(15)4/h5-6,9,11-12H,7-8,10H2,1-4H3,(H,20,21). The number of hydrogen-bond acceptors (Lipinski definition) is 6. The van der Waals surface area contributed by atoms with Crippen LogP contribution in [0.15, 0.2) is 23.6 Å². The van der Waals surface area contributed by atoms with Gasteiger partial charge in [0, 0.05) is 17.5 Å². The smallest absolute Gasteiger partial charge is 0.358 e. The summed E-state index contributed by atoms with van der Waals surface area (Å²) >= 11 is 1.36. The van der Waals surface area contributed by atoms with E-state index in [1.54, 1.807) is 11.4 Å². The van der Waals surface area contributed by atoms with Gasteiger partial charge in [0.2, 0.25) is 5.78 Å². The molecule has 0 bridgehead atoms. The third-order valence-electron chi connectivity index (χ3n) is 3.73. The maximum Gasteiger partial charge on any atom is 0.358 e. The van der Waals surface area contributed by atoms with Gasteiger partial charge in [0.15, 0.2) is 17.4 Å². The molecule has 0 fully saturated rings. The lowest BCUT2D eigenvalue weighted by atomic mass is 10.0. The van der Waals surface area contributed by atoms with Crippen molar-refractivity contribution in [3.8, 4) is 0 Å². The number of anilines is 1. The van der Waals surface area contributed by atoms with Crippen LogP contribution in [0.2, 0.25) is 0 Å². The molecule has 0 spiro atoms. The topological polar surface area (TPSA) is 68.3 Å². The molecule has 1 heterocycles. The van der Waals surface area contributed by atoms with E-state index in [4.69, 9.17) is 4.74 Å². The van der Waals surface area contributed by atoms with Crippen molar-refractivity contribution in [2.45, 2.75) is 34.1 Å². The Kier molecular flexibility index (Phi) is 6.70. The van der Waals surface area contributed by atoms with Crippen LogP contribution in [0.1, 0.15) is 52.2 Å². The van der Waals surface area contributed by atoms with Crippen molar-refractivity contribution in [1.82, 2.24) is 4.98 Å². The molecular formula is C19H24N2O3S. The van der Waals surface area contributed by atoms with Gasteiger partial charge in [0.1, 0.15) is 0 Å². The molecule has 0 atom stereocenters. The molecule has 0 radical (unpaired) electrons. The zero-order chi connectivity index (χ0) is 18.4. The van der Waals surface area contributed by atoms with E-state index in [1.807, 2.05) is 26.0 Å². The number of thiazole rings is 1. The van der Waals surface area contributed by atoms with Crippen LogP contribution in [0.3, 0.4) is 0 Å². The van der Waals surface area contributed by atoms with E-state index in [2.05, 4.69) is 24.1 Å². The SMILES string of the molecule is Cc1ccc(C(=O)COC(=O)c2csc(NCCC(C)C)n2)c(C)c1. The molecule has 0 aliphatic carbocycles. The first-order chi connectivity index (χ1) is 11.9. The Morgan fingerprint density at radius 1 is 1.28 bits per heavy atom. The number of aryl methyl sites for hydroxylation is 2. The quantitative estimate of drug-likeness (QED) is 0.563. The number of esters is 1. The molecule has 0 amide bonds. The molecule has 2 aromatic rings. The highest BCUT2D eigenvalue weighted by Gasteiger charge is 2.16. The van der Waals surface area contributed by atoms with E-state index < -0.39 is 5.97 Å². The third kappa shape index (κ3) is 5.67. The molecule has 25 heavy (non-hydrogen) atoms. The van der Waals surface area contributed by atoms with Crippen molar-refractivity contribution in [3.05, 3.63) is 46.0 Å². The number of ketones is 1. The van der Waals surface area contributed by atoms with Gasteiger partial charge in [-0.3, -0.25) is 4.79 Å². The highest BCUT2D eigenvalue weighted by atomic mass is 32.1. The Balaban J connectivity index is 1.87. The average Bonchev–Trinajstić information content (AvgIpc) is 3.01. The number of Topliss-reactive ketones (excluding diaryl/α,β-unsaturated/α-hetero) is 1. The first-order valence-corrected chi connectivity index (χ1v) is 9.21. The van der Waals surface area contributed by atoms with Crippen molar-refractivity contribution in [2.75, 3.05) is 18.5 Å². The Morgan fingerprint density at radius 3 is 2.72 bits per heavy atom. The lowest BCUT2D eigenvalue weighted by molar-refractivity contribution is 0.0469. The van der Waals surface area contributed by atoms with E-state index >= 15 is 0 Å². The summed E-state index contributed by atoms with van der Waals surface area (Å²) in [6, 6.07) is 5.57. The zero-order valence-corrected chi connectivity index (χ0v) is 15.9. The van der Waals surface area contributed by atoms with Gasteiger partial charge in [-0.15, -0.1) is 11.3 Å². The summed E-state index contributed by atoms with van der Waals surface area (Å²) in [7, 11) is 0. The molecule has 1 aromatic carbocycles. The van der Waals surface area contributed by atoms with Crippen molar-refractivity contribution >= 4 is 28.2 Å². The highest BCUT2D eigenvalue weighted by molar-refractivity contribution is 7.13. The van der Waals surface area contributed by atoms with Gasteiger partial charge in [-0.2, -0.15) is 0 Å². The summed E-state index contributed by atoms with van der Waals surface area (Å²) < 4.78 is 5.11. The third-order valence-corrected chi connectivity index (χ3v) is 4.53. The first-order valence-electron chi connectivity index (χ1n) is 8.33. The fraction of sp³-hybridized carbons (Fsp3) is 0.421. The predicted molar refractivity (Wildman–Crippen MR) is 101 cm³/mol. The van der Waals surface area contributed by atoms with Gasteiger partial charge in [-0.25, -0.2) is 9.78 Å². The van der Waals surface area contributed by atoms with E-state index in [1.165, 1.54) is 11.3 Å². The Bertz CT molecular complexity index is 753. The number of nitrogens with one attached hydrogen (secondary N) is 1. The van der Waals surface area contributed by atoms with E-state index in [0.717, 1.165) is 24.1 Å². The predicted octanol–water partition coefficient (Wildman–Crippen LogP) is 4.26. The molecule has 0 unspecified atom stereocenters. The van der Waals surface area contributed by atoms with Crippen LogP contribution in [0.25, 0.3) is 0 Å². The van der Waals surface area contributed by atoms with Gasteiger partial charge >= 0.3 is 5.97 Å². The normalized spacial score (nSPS) is 10.8. The van der Waals surface area contributed by atoms with Crippen molar-refractivity contribution in [3.63, 3.8) is 0 Å². The summed E-state index contributed by atoms with van der Waals surface area (Å²) in [5.74, 6) is -0.184. The second-order valence-electron chi connectivity index (χ2n) is 6.46. The van der Waals surface area contributed by atoms with Crippen LogP contribution in [0, 0.1) is 19.8 Å². The Hall–Kier alpha value is -2.21. The number of aromatic nitrogens is 1. The van der Waals surface area contributed by atoms with Crippen LogP contribution < -0.4 is 5.32 Å². The minimum Gasteiger partial charge on any atom is -0.453 e. The van der Waals surface area contributed by atoms with Crippen molar-refractivity contribution < 1.29 is 14.3 Å². The van der Waals surface area contributed by atoms with Gasteiger partial charge in [0.05, 0.1) is 0 Å².